The van der Waals surface area contributed by atoms with Gasteiger partial charge in [-0.05, 0) is 103 Å². The number of aryl methyl sites for hydroxylation is 2. The molecule has 1 aromatic heterocycles. The van der Waals surface area contributed by atoms with Gasteiger partial charge in [0.1, 0.15) is 13.2 Å². The van der Waals surface area contributed by atoms with Crippen molar-refractivity contribution in [1.29, 1.82) is 0 Å². The van der Waals surface area contributed by atoms with Gasteiger partial charge in [0, 0.05) is 36.6 Å². The molecule has 3 rings (SSSR count). The van der Waals surface area contributed by atoms with Gasteiger partial charge in [-0.3, -0.25) is 19.4 Å². The van der Waals surface area contributed by atoms with E-state index in [1.165, 1.54) is 11.8 Å². The number of unbranched alkanes of at least 4 members (excludes halogenated alkanes) is 1. The molecule has 0 unspecified atom stereocenters. The lowest BCUT2D eigenvalue weighted by Crippen LogP contribution is -2.27. The number of allylic oxidation sites excluding steroid dienone is 2. The predicted molar refractivity (Wildman–Crippen MR) is 210 cm³/mol. The maximum atomic E-state index is 13.1. The highest BCUT2D eigenvalue weighted by molar-refractivity contribution is 5.77. The van der Waals surface area contributed by atoms with Gasteiger partial charge in [0.2, 0.25) is 0 Å². The van der Waals surface area contributed by atoms with E-state index >= 15 is 0 Å². The van der Waals surface area contributed by atoms with Crippen LogP contribution in [0.1, 0.15) is 114 Å². The summed E-state index contributed by atoms with van der Waals surface area (Å²) in [6.45, 7) is 7.91. The molecule has 1 fully saturated rings. The highest BCUT2D eigenvalue weighted by Gasteiger charge is 2.40. The van der Waals surface area contributed by atoms with Crippen molar-refractivity contribution < 1.29 is 43.9 Å². The molecule has 10 heteroatoms. The summed E-state index contributed by atoms with van der Waals surface area (Å²) in [4.78, 5) is 43.2. The third-order valence-corrected chi connectivity index (χ3v) is 10.3. The van der Waals surface area contributed by atoms with E-state index < -0.39 is 47.0 Å². The number of aliphatic hydroxyl groups is 3. The molecule has 55 heavy (non-hydrogen) atoms. The van der Waals surface area contributed by atoms with Crippen LogP contribution in [0.25, 0.3) is 0 Å². The van der Waals surface area contributed by atoms with Crippen LogP contribution in [0.3, 0.4) is 0 Å². The van der Waals surface area contributed by atoms with Gasteiger partial charge >= 0.3 is 17.9 Å². The van der Waals surface area contributed by atoms with Gasteiger partial charge in [0.05, 0.1) is 34.8 Å². The van der Waals surface area contributed by atoms with Crippen LogP contribution in [-0.4, -0.2) is 56.5 Å². The predicted octanol–water partition coefficient (Wildman–Crippen LogP) is 6.73. The molecular formula is C45H59NO9. The van der Waals surface area contributed by atoms with Gasteiger partial charge in [-0.1, -0.05) is 42.5 Å². The van der Waals surface area contributed by atoms with E-state index in [9.17, 15) is 29.7 Å². The number of pyridine rings is 1. The van der Waals surface area contributed by atoms with Gasteiger partial charge in [-0.25, -0.2) is 0 Å². The minimum Gasteiger partial charge on any atom is -0.460 e. The number of nitrogens with zero attached hydrogens (tertiary/aromatic N) is 1. The highest BCUT2D eigenvalue weighted by atomic mass is 16.6. The molecule has 1 aromatic carbocycles. The van der Waals surface area contributed by atoms with E-state index in [0.29, 0.717) is 61.8 Å². The molecule has 3 N–H and O–H groups in total. The molecule has 1 heterocycles. The maximum Gasteiger partial charge on any atom is 0.312 e. The molecule has 1 aliphatic carbocycles. The zero-order valence-electron chi connectivity index (χ0n) is 33.1. The van der Waals surface area contributed by atoms with Crippen LogP contribution < -0.4 is 4.74 Å². The smallest absolute Gasteiger partial charge is 0.312 e. The van der Waals surface area contributed by atoms with Crippen molar-refractivity contribution in [2.45, 2.75) is 137 Å². The molecule has 0 spiro atoms. The number of hydrogen-bond donors (Lipinski definition) is 3. The van der Waals surface area contributed by atoms with E-state index in [4.69, 9.17) is 27.1 Å². The second-order valence-electron chi connectivity index (χ2n) is 15.9. The molecule has 0 saturated heterocycles. The lowest BCUT2D eigenvalue weighted by molar-refractivity contribution is -0.156. The van der Waals surface area contributed by atoms with Crippen molar-refractivity contribution in [3.05, 3.63) is 71.1 Å². The lowest BCUT2D eigenvalue weighted by Gasteiger charge is -2.23. The van der Waals surface area contributed by atoms with Crippen molar-refractivity contribution >= 4 is 17.9 Å². The van der Waals surface area contributed by atoms with Gasteiger partial charge < -0.3 is 29.5 Å². The monoisotopic (exact) mass is 757 g/mol. The molecule has 0 aliphatic heterocycles. The summed E-state index contributed by atoms with van der Waals surface area (Å²) in [7, 11) is 0. The largest absolute Gasteiger partial charge is 0.460 e. The summed E-state index contributed by atoms with van der Waals surface area (Å²) < 4.78 is 17.0. The minimum absolute atomic E-state index is 0.0892. The number of hydrogen-bond acceptors (Lipinski definition) is 10. The molecule has 1 aliphatic rings. The van der Waals surface area contributed by atoms with Crippen LogP contribution >= 0.6 is 0 Å². The summed E-state index contributed by atoms with van der Waals surface area (Å²) in [5.41, 5.74) is 0.451. The summed E-state index contributed by atoms with van der Waals surface area (Å²) >= 11 is 0. The Morgan fingerprint density at radius 3 is 2.18 bits per heavy atom. The summed E-state index contributed by atoms with van der Waals surface area (Å²) in [6.07, 6.45) is 19.6. The quantitative estimate of drug-likeness (QED) is 0.0541. The summed E-state index contributed by atoms with van der Waals surface area (Å²) in [5.74, 6) is 3.31. The maximum absolute atomic E-state index is 13.1. The molecule has 0 amide bonds. The SMILES string of the molecule is C#CCC(C)(C)C(=O)OCc1cnc(C)c(OC(=O)CCC/C=C\C[C@@H]2[C@@H](CC[C@@H](O)CCc3ccccc3)[C@H](O)C[C@@H]2O)c1COC(=O)C(C)(C)CC#C. The van der Waals surface area contributed by atoms with Crippen LogP contribution in [0.4, 0.5) is 0 Å². The normalized spacial score (nSPS) is 19.0. The van der Waals surface area contributed by atoms with Crippen molar-refractivity contribution in [2.24, 2.45) is 22.7 Å². The van der Waals surface area contributed by atoms with Gasteiger partial charge in [-0.15, -0.1) is 24.7 Å². The number of esters is 3. The van der Waals surface area contributed by atoms with Gasteiger partial charge in [0.15, 0.2) is 5.75 Å². The Morgan fingerprint density at radius 1 is 0.927 bits per heavy atom. The van der Waals surface area contributed by atoms with Crippen molar-refractivity contribution in [3.63, 3.8) is 0 Å². The van der Waals surface area contributed by atoms with Crippen molar-refractivity contribution in [1.82, 2.24) is 4.98 Å². The Hall–Kier alpha value is -4.48. The summed E-state index contributed by atoms with van der Waals surface area (Å²) in [5, 5.41) is 32.0. The van der Waals surface area contributed by atoms with E-state index in [1.54, 1.807) is 34.6 Å². The number of carbonyl (C=O) groups excluding carboxylic acids is 3. The average molecular weight is 758 g/mol. The van der Waals surface area contributed by atoms with Crippen molar-refractivity contribution in [3.8, 4) is 30.4 Å². The Morgan fingerprint density at radius 2 is 1.55 bits per heavy atom. The van der Waals surface area contributed by atoms with E-state index in [-0.39, 0.29) is 50.1 Å². The average Bonchev–Trinajstić information content (AvgIpc) is 3.41. The first kappa shape index (κ1) is 44.9. The molecule has 5 atom stereocenters. The molecule has 10 nitrogen and oxygen atoms in total. The zero-order valence-corrected chi connectivity index (χ0v) is 33.1. The lowest BCUT2D eigenvalue weighted by atomic mass is 9.85. The van der Waals surface area contributed by atoms with E-state index in [1.807, 2.05) is 42.5 Å². The van der Waals surface area contributed by atoms with E-state index in [2.05, 4.69) is 16.8 Å². The van der Waals surface area contributed by atoms with Crippen LogP contribution in [0.5, 0.6) is 5.75 Å². The number of ether oxygens (including phenoxy) is 3. The fraction of sp³-hybridized carbons (Fsp3) is 0.556. The summed E-state index contributed by atoms with van der Waals surface area (Å²) in [6, 6.07) is 10.0. The molecule has 0 bridgehead atoms. The molecule has 1 saturated carbocycles. The molecule has 0 radical (unpaired) electrons. The Kier molecular flexibility index (Phi) is 17.6. The fourth-order valence-corrected chi connectivity index (χ4v) is 6.73. The standard InChI is InChI=1S/C45H59NO9/c1-8-25-44(4,5)42(51)53-29-33-28-46-31(3)41(37(33)30-54-43(52)45(6,7)26-9-2)55-40(50)20-16-11-10-15-19-35-36(39(49)27-38(35)48)24-23-34(47)22-21-32-17-13-12-14-18-32/h1-2,10,12-15,17-18,28,34-36,38-39,47-49H,11,16,19-27,29-30H2,3-7H3/b15-10-/t34-,35+,36+,38-,39+/m0/s1. The second-order valence-corrected chi connectivity index (χ2v) is 15.9. The second kappa shape index (κ2) is 21.6. The molecular weight excluding hydrogens is 698 g/mol. The van der Waals surface area contributed by atoms with Crippen LogP contribution in [0.15, 0.2) is 48.7 Å². The molecule has 298 valence electrons. The van der Waals surface area contributed by atoms with Gasteiger partial charge in [-0.2, -0.15) is 0 Å². The first-order valence-electron chi connectivity index (χ1n) is 19.2. The van der Waals surface area contributed by atoms with Crippen molar-refractivity contribution in [2.75, 3.05) is 0 Å². The Bertz CT molecular complexity index is 1680. The van der Waals surface area contributed by atoms with Crippen LogP contribution in [0.2, 0.25) is 0 Å². The number of benzene rings is 1. The number of carbonyl (C=O) groups is 3. The van der Waals surface area contributed by atoms with E-state index in [0.717, 1.165) is 6.42 Å². The first-order valence-corrected chi connectivity index (χ1v) is 19.2. The number of terminal acetylenes is 2. The fourth-order valence-electron chi connectivity index (χ4n) is 6.73. The number of aromatic nitrogens is 1. The topological polar surface area (TPSA) is 152 Å². The highest BCUT2D eigenvalue weighted by Crippen LogP contribution is 2.39. The Balaban J connectivity index is 1.58. The van der Waals surface area contributed by atoms with Crippen LogP contribution in [0, 0.1) is 54.3 Å². The first-order chi connectivity index (χ1) is 26.1. The number of aliphatic hydroxyl groups excluding tert-OH is 3. The van der Waals surface area contributed by atoms with Crippen LogP contribution in [-0.2, 0) is 43.5 Å². The Labute approximate surface area is 327 Å². The number of rotatable bonds is 21. The third kappa shape index (κ3) is 14.0. The molecule has 2 aromatic rings. The zero-order chi connectivity index (χ0) is 40.6. The van der Waals surface area contributed by atoms with Gasteiger partial charge in [0.25, 0.3) is 0 Å². The minimum atomic E-state index is -0.950. The third-order valence-electron chi connectivity index (χ3n) is 10.3.